The third-order valence-corrected chi connectivity index (χ3v) is 4.03. The molecule has 0 aliphatic heterocycles. The van der Waals surface area contributed by atoms with Crippen molar-refractivity contribution in [2.24, 2.45) is 0 Å². The number of nitrogens with zero attached hydrogens (tertiary/aromatic N) is 2. The topological polar surface area (TPSA) is 64.9 Å². The second kappa shape index (κ2) is 6.20. The standard InChI is InChI=1S/C15H12ClN3OS/c16-11-3-1-2-10(8-11)15-18-14(20-19-15)9-21-13-6-4-12(17)5-7-13/h1-8H,9,17H2. The molecule has 2 aromatic carbocycles. The van der Waals surface area contributed by atoms with Gasteiger partial charge in [0.05, 0.1) is 5.75 Å². The summed E-state index contributed by atoms with van der Waals surface area (Å²) < 4.78 is 5.25. The molecular weight excluding hydrogens is 306 g/mol. The number of nitrogen functional groups attached to an aromatic ring is 1. The fraction of sp³-hybridized carbons (Fsp3) is 0.0667. The molecule has 0 spiro atoms. The number of rotatable bonds is 4. The maximum Gasteiger partial charge on any atom is 0.237 e. The van der Waals surface area contributed by atoms with Crippen molar-refractivity contribution in [3.05, 3.63) is 59.4 Å². The van der Waals surface area contributed by atoms with Crippen molar-refractivity contribution >= 4 is 29.1 Å². The molecule has 2 N–H and O–H groups in total. The summed E-state index contributed by atoms with van der Waals surface area (Å²) in [6, 6.07) is 15.0. The number of thioether (sulfide) groups is 1. The van der Waals surface area contributed by atoms with E-state index in [2.05, 4.69) is 10.1 Å². The number of anilines is 1. The number of aromatic nitrogens is 2. The van der Waals surface area contributed by atoms with E-state index in [4.69, 9.17) is 21.9 Å². The molecule has 0 unspecified atom stereocenters. The van der Waals surface area contributed by atoms with Gasteiger partial charge in [0, 0.05) is 21.2 Å². The van der Waals surface area contributed by atoms with Gasteiger partial charge in [-0.25, -0.2) is 0 Å². The third-order valence-electron chi connectivity index (χ3n) is 2.79. The molecule has 0 saturated heterocycles. The summed E-state index contributed by atoms with van der Waals surface area (Å²) in [6.07, 6.45) is 0. The zero-order valence-corrected chi connectivity index (χ0v) is 12.6. The molecule has 4 nitrogen and oxygen atoms in total. The van der Waals surface area contributed by atoms with Crippen molar-refractivity contribution in [2.45, 2.75) is 10.6 Å². The molecule has 0 aliphatic rings. The molecule has 106 valence electrons. The van der Waals surface area contributed by atoms with Crippen LogP contribution < -0.4 is 5.73 Å². The van der Waals surface area contributed by atoms with Gasteiger partial charge in [0.15, 0.2) is 0 Å². The van der Waals surface area contributed by atoms with E-state index in [-0.39, 0.29) is 0 Å². The summed E-state index contributed by atoms with van der Waals surface area (Å²) in [5.74, 6) is 1.73. The van der Waals surface area contributed by atoms with Gasteiger partial charge < -0.3 is 10.3 Å². The van der Waals surface area contributed by atoms with Gasteiger partial charge in [0.1, 0.15) is 0 Å². The monoisotopic (exact) mass is 317 g/mol. The number of hydrogen-bond acceptors (Lipinski definition) is 5. The number of benzene rings is 2. The Morgan fingerprint density at radius 3 is 2.71 bits per heavy atom. The number of nitrogens with two attached hydrogens (primary N) is 1. The third kappa shape index (κ3) is 3.56. The van der Waals surface area contributed by atoms with Crippen LogP contribution in [0.3, 0.4) is 0 Å². The molecule has 1 heterocycles. The van der Waals surface area contributed by atoms with Crippen LogP contribution in [0.25, 0.3) is 11.4 Å². The van der Waals surface area contributed by atoms with E-state index in [1.807, 2.05) is 48.5 Å². The van der Waals surface area contributed by atoms with Crippen molar-refractivity contribution in [3.8, 4) is 11.4 Å². The van der Waals surface area contributed by atoms with Crippen LogP contribution in [0.5, 0.6) is 0 Å². The van der Waals surface area contributed by atoms with E-state index in [0.717, 1.165) is 16.1 Å². The van der Waals surface area contributed by atoms with E-state index >= 15 is 0 Å². The Labute approximate surface area is 131 Å². The van der Waals surface area contributed by atoms with Crippen LogP contribution in [0.1, 0.15) is 5.89 Å². The summed E-state index contributed by atoms with van der Waals surface area (Å²) in [5, 5.41) is 4.62. The minimum absolute atomic E-state index is 0.547. The van der Waals surface area contributed by atoms with Crippen LogP contribution in [0.4, 0.5) is 5.69 Å². The zero-order chi connectivity index (χ0) is 14.7. The summed E-state index contributed by atoms with van der Waals surface area (Å²) in [4.78, 5) is 5.48. The molecule has 0 aliphatic carbocycles. The number of hydrogen-bond donors (Lipinski definition) is 1. The maximum atomic E-state index is 5.95. The Kier molecular flexibility index (Phi) is 4.13. The van der Waals surface area contributed by atoms with Crippen LogP contribution in [0.2, 0.25) is 5.02 Å². The van der Waals surface area contributed by atoms with Crippen LogP contribution >= 0.6 is 23.4 Å². The smallest absolute Gasteiger partial charge is 0.237 e. The van der Waals surface area contributed by atoms with Crippen molar-refractivity contribution < 1.29 is 4.52 Å². The van der Waals surface area contributed by atoms with Crippen LogP contribution in [0, 0.1) is 0 Å². The van der Waals surface area contributed by atoms with Crippen LogP contribution in [-0.4, -0.2) is 10.1 Å². The highest BCUT2D eigenvalue weighted by atomic mass is 35.5. The van der Waals surface area contributed by atoms with Gasteiger partial charge in [0.25, 0.3) is 0 Å². The molecule has 0 radical (unpaired) electrons. The second-order valence-electron chi connectivity index (χ2n) is 4.38. The highest BCUT2D eigenvalue weighted by molar-refractivity contribution is 7.98. The SMILES string of the molecule is Nc1ccc(SCc2nc(-c3cccc(Cl)c3)no2)cc1. The van der Waals surface area contributed by atoms with Gasteiger partial charge in [-0.15, -0.1) is 11.8 Å². The minimum atomic E-state index is 0.547. The highest BCUT2D eigenvalue weighted by Crippen LogP contribution is 2.25. The highest BCUT2D eigenvalue weighted by Gasteiger charge is 2.09. The predicted octanol–water partition coefficient (Wildman–Crippen LogP) is 4.26. The number of halogens is 1. The molecular formula is C15H12ClN3OS. The first-order valence-corrected chi connectivity index (χ1v) is 7.64. The van der Waals surface area contributed by atoms with E-state index < -0.39 is 0 Å². The molecule has 3 rings (SSSR count). The van der Waals surface area contributed by atoms with Crippen LogP contribution in [-0.2, 0) is 5.75 Å². The molecule has 0 amide bonds. The first-order chi connectivity index (χ1) is 10.2. The Bertz CT molecular complexity index is 743. The van der Waals surface area contributed by atoms with Gasteiger partial charge >= 0.3 is 0 Å². The zero-order valence-electron chi connectivity index (χ0n) is 11.0. The largest absolute Gasteiger partial charge is 0.399 e. The molecule has 0 fully saturated rings. The van der Waals surface area contributed by atoms with E-state index in [9.17, 15) is 0 Å². The lowest BCUT2D eigenvalue weighted by Gasteiger charge is -1.98. The average molecular weight is 318 g/mol. The second-order valence-corrected chi connectivity index (χ2v) is 5.86. The summed E-state index contributed by atoms with van der Waals surface area (Å²) >= 11 is 7.57. The Morgan fingerprint density at radius 1 is 1.14 bits per heavy atom. The lowest BCUT2D eigenvalue weighted by Crippen LogP contribution is -1.84. The molecule has 21 heavy (non-hydrogen) atoms. The molecule has 6 heteroatoms. The van der Waals surface area contributed by atoms with Gasteiger partial charge in [0.2, 0.25) is 11.7 Å². The Morgan fingerprint density at radius 2 is 1.95 bits per heavy atom. The van der Waals surface area contributed by atoms with E-state index in [1.165, 1.54) is 0 Å². The van der Waals surface area contributed by atoms with Gasteiger partial charge in [-0.05, 0) is 36.4 Å². The van der Waals surface area contributed by atoms with Gasteiger partial charge in [-0.2, -0.15) is 4.98 Å². The predicted molar refractivity (Wildman–Crippen MR) is 85.2 cm³/mol. The minimum Gasteiger partial charge on any atom is -0.399 e. The lowest BCUT2D eigenvalue weighted by atomic mass is 10.2. The summed E-state index contributed by atoms with van der Waals surface area (Å²) in [7, 11) is 0. The molecule has 3 aromatic rings. The molecule has 1 aromatic heterocycles. The molecule has 0 saturated carbocycles. The summed E-state index contributed by atoms with van der Waals surface area (Å²) in [5.41, 5.74) is 7.25. The average Bonchev–Trinajstić information content (AvgIpc) is 2.96. The quantitative estimate of drug-likeness (QED) is 0.575. The molecule has 0 atom stereocenters. The van der Waals surface area contributed by atoms with Gasteiger partial charge in [-0.1, -0.05) is 28.9 Å². The molecule has 0 bridgehead atoms. The van der Waals surface area contributed by atoms with Gasteiger partial charge in [-0.3, -0.25) is 0 Å². The van der Waals surface area contributed by atoms with Crippen molar-refractivity contribution in [1.29, 1.82) is 0 Å². The Hall–Kier alpha value is -1.98. The fourth-order valence-corrected chi connectivity index (χ4v) is 2.69. The van der Waals surface area contributed by atoms with E-state index in [1.54, 1.807) is 11.8 Å². The van der Waals surface area contributed by atoms with Crippen molar-refractivity contribution in [2.75, 3.05) is 5.73 Å². The summed E-state index contributed by atoms with van der Waals surface area (Å²) in [6.45, 7) is 0. The van der Waals surface area contributed by atoms with Crippen molar-refractivity contribution in [3.63, 3.8) is 0 Å². The lowest BCUT2D eigenvalue weighted by molar-refractivity contribution is 0.391. The normalized spacial score (nSPS) is 10.7. The fourth-order valence-electron chi connectivity index (χ4n) is 1.77. The first kappa shape index (κ1) is 14.0. The van der Waals surface area contributed by atoms with Crippen molar-refractivity contribution in [1.82, 2.24) is 10.1 Å². The van der Waals surface area contributed by atoms with E-state index in [0.29, 0.717) is 22.5 Å². The first-order valence-electron chi connectivity index (χ1n) is 6.27. The maximum absolute atomic E-state index is 5.95. The Balaban J connectivity index is 1.69. The van der Waals surface area contributed by atoms with Crippen LogP contribution in [0.15, 0.2) is 57.9 Å².